The highest BCUT2D eigenvalue weighted by molar-refractivity contribution is 5.97. The zero-order valence-corrected chi connectivity index (χ0v) is 16.5. The Kier molecular flexibility index (Phi) is 4.50. The summed E-state index contributed by atoms with van der Waals surface area (Å²) in [4.78, 5) is 30.5. The lowest BCUT2D eigenvalue weighted by Crippen LogP contribution is -2.42. The molecule has 1 amide bonds. The third-order valence-corrected chi connectivity index (χ3v) is 6.03. The van der Waals surface area contributed by atoms with E-state index in [1.54, 1.807) is 12.5 Å². The molecule has 0 spiro atoms. The fourth-order valence-corrected chi connectivity index (χ4v) is 4.41. The van der Waals surface area contributed by atoms with Crippen LogP contribution in [0.5, 0.6) is 0 Å². The molecule has 0 atom stereocenters. The molecule has 0 aliphatic carbocycles. The number of benzene rings is 1. The fraction of sp³-hybridized carbons (Fsp3) is 0.364. The maximum atomic E-state index is 13.1. The van der Waals surface area contributed by atoms with Crippen LogP contribution >= 0.6 is 0 Å². The minimum atomic E-state index is 0.0783. The molecule has 7 nitrogen and oxygen atoms in total. The third kappa shape index (κ3) is 3.26. The van der Waals surface area contributed by atoms with Gasteiger partial charge in [0.1, 0.15) is 23.8 Å². The molecule has 5 rings (SSSR count). The van der Waals surface area contributed by atoms with Gasteiger partial charge in [-0.2, -0.15) is 0 Å². The summed E-state index contributed by atoms with van der Waals surface area (Å²) in [5, 5.41) is 0. The number of nitrogens with zero attached hydrogens (tertiary/aromatic N) is 6. The number of amides is 1. The van der Waals surface area contributed by atoms with E-state index in [-0.39, 0.29) is 11.8 Å². The topological polar surface area (TPSA) is 67.2 Å². The van der Waals surface area contributed by atoms with Crippen molar-refractivity contribution in [3.05, 3.63) is 60.4 Å². The minimum absolute atomic E-state index is 0.0783. The van der Waals surface area contributed by atoms with Gasteiger partial charge in [-0.25, -0.2) is 15.0 Å². The van der Waals surface area contributed by atoms with E-state index in [9.17, 15) is 4.79 Å². The Hall–Kier alpha value is -3.22. The number of aryl methyl sites for hydroxylation is 1. The van der Waals surface area contributed by atoms with E-state index in [2.05, 4.69) is 32.0 Å². The number of aromatic nitrogens is 4. The number of anilines is 2. The first-order valence-corrected chi connectivity index (χ1v) is 10.2. The molecule has 2 aliphatic heterocycles. The number of fused-ring (bicyclic) bond motifs is 1. The minimum Gasteiger partial charge on any atom is -0.356 e. The van der Waals surface area contributed by atoms with E-state index >= 15 is 0 Å². The predicted molar refractivity (Wildman–Crippen MR) is 111 cm³/mol. The van der Waals surface area contributed by atoms with Crippen molar-refractivity contribution in [2.75, 3.05) is 29.4 Å². The number of imidazole rings is 1. The van der Waals surface area contributed by atoms with Gasteiger partial charge in [0.15, 0.2) is 0 Å². The molecular formula is C22H24N6O. The van der Waals surface area contributed by atoms with Gasteiger partial charge in [0.05, 0.1) is 0 Å². The summed E-state index contributed by atoms with van der Waals surface area (Å²) in [7, 11) is 0. The van der Waals surface area contributed by atoms with Gasteiger partial charge in [0, 0.05) is 49.7 Å². The molecule has 1 aromatic carbocycles. The van der Waals surface area contributed by atoms with E-state index in [0.29, 0.717) is 0 Å². The zero-order chi connectivity index (χ0) is 19.8. The molecule has 0 radical (unpaired) electrons. The third-order valence-electron chi connectivity index (χ3n) is 6.03. The Bertz CT molecular complexity index is 1040. The molecule has 4 heterocycles. The SMILES string of the molecule is Cc1nccn1-c1cc(N2CCC(C(=O)N3CCc4ccccc43)CC2)ncn1. The van der Waals surface area contributed by atoms with Crippen molar-refractivity contribution in [2.24, 2.45) is 5.92 Å². The molecule has 0 unspecified atom stereocenters. The Balaban J connectivity index is 1.27. The van der Waals surface area contributed by atoms with Crippen LogP contribution in [0.25, 0.3) is 5.82 Å². The zero-order valence-electron chi connectivity index (χ0n) is 16.5. The smallest absolute Gasteiger partial charge is 0.230 e. The molecule has 0 bridgehead atoms. The second-order valence-corrected chi connectivity index (χ2v) is 7.71. The van der Waals surface area contributed by atoms with E-state index in [0.717, 1.165) is 62.0 Å². The van der Waals surface area contributed by atoms with Gasteiger partial charge in [-0.05, 0) is 37.8 Å². The maximum absolute atomic E-state index is 13.1. The Labute approximate surface area is 170 Å². The number of hydrogen-bond donors (Lipinski definition) is 0. The molecule has 0 saturated carbocycles. The highest BCUT2D eigenvalue weighted by Crippen LogP contribution is 2.31. The average Bonchev–Trinajstić information content (AvgIpc) is 3.40. The van der Waals surface area contributed by atoms with Crippen LogP contribution in [0.3, 0.4) is 0 Å². The van der Waals surface area contributed by atoms with Crippen LogP contribution in [0.4, 0.5) is 11.5 Å². The highest BCUT2D eigenvalue weighted by Gasteiger charge is 2.32. The van der Waals surface area contributed by atoms with Crippen molar-refractivity contribution in [1.82, 2.24) is 19.5 Å². The molecule has 29 heavy (non-hydrogen) atoms. The largest absolute Gasteiger partial charge is 0.356 e. The Morgan fingerprint density at radius 1 is 1.03 bits per heavy atom. The second kappa shape index (κ2) is 7.31. The van der Waals surface area contributed by atoms with Crippen molar-refractivity contribution in [3.8, 4) is 5.82 Å². The number of carbonyl (C=O) groups is 1. The predicted octanol–water partition coefficient (Wildman–Crippen LogP) is 2.78. The number of carbonyl (C=O) groups excluding carboxylic acids is 1. The number of rotatable bonds is 3. The van der Waals surface area contributed by atoms with Gasteiger partial charge in [-0.1, -0.05) is 18.2 Å². The number of para-hydroxylation sites is 1. The van der Waals surface area contributed by atoms with Gasteiger partial charge >= 0.3 is 0 Å². The van der Waals surface area contributed by atoms with Crippen LogP contribution in [0.1, 0.15) is 24.2 Å². The molecule has 1 fully saturated rings. The van der Waals surface area contributed by atoms with Crippen LogP contribution < -0.4 is 9.80 Å². The van der Waals surface area contributed by atoms with Crippen molar-refractivity contribution >= 4 is 17.4 Å². The fourth-order valence-electron chi connectivity index (χ4n) is 4.41. The van der Waals surface area contributed by atoms with Gasteiger partial charge < -0.3 is 9.80 Å². The van der Waals surface area contributed by atoms with Gasteiger partial charge in [-0.15, -0.1) is 0 Å². The Morgan fingerprint density at radius 3 is 2.62 bits per heavy atom. The lowest BCUT2D eigenvalue weighted by Gasteiger charge is -2.34. The second-order valence-electron chi connectivity index (χ2n) is 7.71. The first kappa shape index (κ1) is 17.8. The van der Waals surface area contributed by atoms with Crippen molar-refractivity contribution in [2.45, 2.75) is 26.2 Å². The van der Waals surface area contributed by atoms with Crippen molar-refractivity contribution in [1.29, 1.82) is 0 Å². The standard InChI is InChI=1S/C22H24N6O/c1-16-23-9-13-27(16)21-14-20(24-15-25-21)26-10-6-18(7-11-26)22(29)28-12-8-17-4-2-3-5-19(17)28/h2-5,9,13-15,18H,6-8,10-12H2,1H3. The summed E-state index contributed by atoms with van der Waals surface area (Å²) in [5.74, 6) is 2.96. The van der Waals surface area contributed by atoms with Crippen LogP contribution in [-0.4, -0.2) is 45.1 Å². The summed E-state index contributed by atoms with van der Waals surface area (Å²) in [6.45, 7) is 4.41. The van der Waals surface area contributed by atoms with Crippen LogP contribution in [0, 0.1) is 12.8 Å². The van der Waals surface area contributed by atoms with Crippen molar-refractivity contribution < 1.29 is 4.79 Å². The summed E-state index contributed by atoms with van der Waals surface area (Å²) in [6.07, 6.45) is 7.92. The van der Waals surface area contributed by atoms with Gasteiger partial charge in [0.2, 0.25) is 5.91 Å². The van der Waals surface area contributed by atoms with E-state index in [1.807, 2.05) is 40.8 Å². The lowest BCUT2D eigenvalue weighted by molar-refractivity contribution is -0.122. The lowest BCUT2D eigenvalue weighted by atomic mass is 9.95. The molecule has 2 aromatic heterocycles. The molecule has 3 aromatic rings. The monoisotopic (exact) mass is 388 g/mol. The van der Waals surface area contributed by atoms with E-state index < -0.39 is 0 Å². The maximum Gasteiger partial charge on any atom is 0.230 e. The number of hydrogen-bond acceptors (Lipinski definition) is 5. The Morgan fingerprint density at radius 2 is 1.83 bits per heavy atom. The molecular weight excluding hydrogens is 364 g/mol. The number of piperidine rings is 1. The van der Waals surface area contributed by atoms with Crippen LogP contribution in [-0.2, 0) is 11.2 Å². The highest BCUT2D eigenvalue weighted by atomic mass is 16.2. The summed E-state index contributed by atoms with van der Waals surface area (Å²) < 4.78 is 1.95. The first-order valence-electron chi connectivity index (χ1n) is 10.2. The summed E-state index contributed by atoms with van der Waals surface area (Å²) >= 11 is 0. The molecule has 0 N–H and O–H groups in total. The molecule has 148 valence electrons. The summed E-state index contributed by atoms with van der Waals surface area (Å²) in [6, 6.07) is 10.2. The van der Waals surface area contributed by atoms with Gasteiger partial charge in [0.25, 0.3) is 0 Å². The van der Waals surface area contributed by atoms with Crippen LogP contribution in [0.15, 0.2) is 49.1 Å². The van der Waals surface area contributed by atoms with Crippen molar-refractivity contribution in [3.63, 3.8) is 0 Å². The molecule has 2 aliphatic rings. The molecule has 7 heteroatoms. The molecule has 1 saturated heterocycles. The van der Waals surface area contributed by atoms with Gasteiger partial charge in [-0.3, -0.25) is 9.36 Å². The quantitative estimate of drug-likeness (QED) is 0.690. The van der Waals surface area contributed by atoms with Crippen LogP contribution in [0.2, 0.25) is 0 Å². The summed E-state index contributed by atoms with van der Waals surface area (Å²) in [5.41, 5.74) is 2.37. The average molecular weight is 388 g/mol. The van der Waals surface area contributed by atoms with E-state index in [1.165, 1.54) is 5.56 Å². The van der Waals surface area contributed by atoms with E-state index in [4.69, 9.17) is 0 Å². The normalized spacial score (nSPS) is 16.9. The first-order chi connectivity index (χ1) is 14.2.